The molecule has 0 heterocycles. The van der Waals surface area contributed by atoms with Crippen molar-refractivity contribution in [3.63, 3.8) is 0 Å². The number of hydrogen-bond donors (Lipinski definition) is 0. The van der Waals surface area contributed by atoms with E-state index in [1.54, 1.807) is 0 Å². The maximum atomic E-state index is 4.30. The number of aliphatic imine (C=N–C) groups is 1. The highest BCUT2D eigenvalue weighted by Crippen LogP contribution is 2.11. The minimum Gasteiger partial charge on any atom is -0.266 e. The van der Waals surface area contributed by atoms with E-state index in [9.17, 15) is 0 Å². The van der Waals surface area contributed by atoms with Crippen molar-refractivity contribution >= 4 is 6.21 Å². The molecule has 0 aromatic rings. The van der Waals surface area contributed by atoms with E-state index in [-0.39, 0.29) is 0 Å². The Bertz CT molecular complexity index is 143. The average Bonchev–Trinajstić information content (AvgIpc) is 1.97. The highest BCUT2D eigenvalue weighted by molar-refractivity contribution is 5.55. The Morgan fingerprint density at radius 1 is 1.45 bits per heavy atom. The molecule has 0 bridgehead atoms. The summed E-state index contributed by atoms with van der Waals surface area (Å²) in [5.41, 5.74) is 1.22. The summed E-state index contributed by atoms with van der Waals surface area (Å²) >= 11 is 0. The smallest absolute Gasteiger partial charge is 0.0385 e. The molecule has 1 heteroatoms. The van der Waals surface area contributed by atoms with Gasteiger partial charge in [-0.25, -0.2) is 0 Å². The van der Waals surface area contributed by atoms with Crippen molar-refractivity contribution in [1.29, 1.82) is 0 Å². The molecule has 0 saturated heterocycles. The highest BCUT2D eigenvalue weighted by Gasteiger charge is 1.97. The molecule has 0 radical (unpaired) electrons. The topological polar surface area (TPSA) is 12.4 Å². The first kappa shape index (κ1) is 10.4. The van der Waals surface area contributed by atoms with Gasteiger partial charge in [0, 0.05) is 11.9 Å². The summed E-state index contributed by atoms with van der Waals surface area (Å²) in [5, 5.41) is 0. The minimum atomic E-state index is 0.553. The zero-order chi connectivity index (χ0) is 8.69. The molecule has 0 atom stereocenters. The monoisotopic (exact) mass is 153 g/mol. The van der Waals surface area contributed by atoms with Crippen LogP contribution < -0.4 is 0 Å². The average molecular weight is 153 g/mol. The number of nitrogens with zero attached hydrogens (tertiary/aromatic N) is 1. The maximum Gasteiger partial charge on any atom is 0.0385 e. The molecule has 0 amide bonds. The summed E-state index contributed by atoms with van der Waals surface area (Å²) in [7, 11) is 0. The Balaban J connectivity index is 4.08. The van der Waals surface area contributed by atoms with E-state index in [2.05, 4.69) is 31.8 Å². The van der Waals surface area contributed by atoms with Crippen molar-refractivity contribution in [2.45, 2.75) is 40.5 Å². The summed E-state index contributed by atoms with van der Waals surface area (Å²) in [5.74, 6) is 0.553. The predicted molar refractivity (Wildman–Crippen MR) is 52.0 cm³/mol. The van der Waals surface area contributed by atoms with Crippen molar-refractivity contribution in [2.75, 3.05) is 0 Å². The second kappa shape index (κ2) is 6.14. The van der Waals surface area contributed by atoms with Gasteiger partial charge >= 0.3 is 0 Å². The first-order chi connectivity index (χ1) is 5.22. The SMILES string of the molecule is CC=N/C(=C\CCC)C(C)C. The Morgan fingerprint density at radius 2 is 2.09 bits per heavy atom. The van der Waals surface area contributed by atoms with E-state index in [0.29, 0.717) is 5.92 Å². The lowest BCUT2D eigenvalue weighted by atomic mass is 10.1. The number of rotatable bonds is 4. The molecular formula is C10H19N. The molecular weight excluding hydrogens is 134 g/mol. The third-order valence-corrected chi connectivity index (χ3v) is 1.51. The molecule has 0 saturated carbocycles. The second-order valence-electron chi connectivity index (χ2n) is 2.96. The molecule has 0 rings (SSSR count). The quantitative estimate of drug-likeness (QED) is 0.549. The fraction of sp³-hybridized carbons (Fsp3) is 0.700. The lowest BCUT2D eigenvalue weighted by Gasteiger charge is -2.04. The van der Waals surface area contributed by atoms with Crippen LogP contribution in [0.5, 0.6) is 0 Å². The van der Waals surface area contributed by atoms with Crippen LogP contribution in [0.1, 0.15) is 40.5 Å². The largest absolute Gasteiger partial charge is 0.266 e. The van der Waals surface area contributed by atoms with E-state index in [0.717, 1.165) is 6.42 Å². The minimum absolute atomic E-state index is 0.553. The van der Waals surface area contributed by atoms with Crippen LogP contribution in [0.2, 0.25) is 0 Å². The van der Waals surface area contributed by atoms with Crippen LogP contribution >= 0.6 is 0 Å². The van der Waals surface area contributed by atoms with Gasteiger partial charge in [-0.1, -0.05) is 33.3 Å². The molecule has 0 unspecified atom stereocenters. The van der Waals surface area contributed by atoms with Crippen LogP contribution in [0.4, 0.5) is 0 Å². The van der Waals surface area contributed by atoms with Gasteiger partial charge in [-0.2, -0.15) is 0 Å². The van der Waals surface area contributed by atoms with Gasteiger partial charge in [-0.05, 0) is 19.3 Å². The van der Waals surface area contributed by atoms with Crippen LogP contribution in [0.25, 0.3) is 0 Å². The lowest BCUT2D eigenvalue weighted by Crippen LogP contribution is -1.90. The van der Waals surface area contributed by atoms with Gasteiger partial charge < -0.3 is 0 Å². The molecule has 0 aromatic carbocycles. The Kier molecular flexibility index (Phi) is 5.81. The van der Waals surface area contributed by atoms with Crippen LogP contribution in [-0.4, -0.2) is 6.21 Å². The van der Waals surface area contributed by atoms with Gasteiger partial charge in [0.2, 0.25) is 0 Å². The van der Waals surface area contributed by atoms with E-state index in [4.69, 9.17) is 0 Å². The Labute approximate surface area is 70.2 Å². The Hall–Kier alpha value is -0.590. The summed E-state index contributed by atoms with van der Waals surface area (Å²) in [6.07, 6.45) is 6.44. The number of unbranched alkanes of at least 4 members (excludes halogenated alkanes) is 1. The standard InChI is InChI=1S/C10H19N/c1-5-7-8-10(9(3)4)11-6-2/h6,8-9H,5,7H2,1-4H3/b10-8-,11-6?. The van der Waals surface area contributed by atoms with E-state index in [1.807, 2.05) is 13.1 Å². The fourth-order valence-corrected chi connectivity index (χ4v) is 0.879. The first-order valence-electron chi connectivity index (χ1n) is 4.41. The summed E-state index contributed by atoms with van der Waals surface area (Å²) in [4.78, 5) is 4.30. The summed E-state index contributed by atoms with van der Waals surface area (Å²) in [6, 6.07) is 0. The van der Waals surface area contributed by atoms with Gasteiger partial charge in [-0.3, -0.25) is 4.99 Å². The van der Waals surface area contributed by atoms with Crippen LogP contribution in [0.15, 0.2) is 16.8 Å². The van der Waals surface area contributed by atoms with E-state index >= 15 is 0 Å². The van der Waals surface area contributed by atoms with Gasteiger partial charge in [0.1, 0.15) is 0 Å². The summed E-state index contributed by atoms with van der Waals surface area (Å²) < 4.78 is 0. The molecule has 0 spiro atoms. The van der Waals surface area contributed by atoms with Gasteiger partial charge in [0.25, 0.3) is 0 Å². The van der Waals surface area contributed by atoms with E-state index < -0.39 is 0 Å². The normalized spacial score (nSPS) is 13.4. The third kappa shape index (κ3) is 4.77. The van der Waals surface area contributed by atoms with E-state index in [1.165, 1.54) is 12.1 Å². The molecule has 0 aliphatic rings. The zero-order valence-electron chi connectivity index (χ0n) is 8.09. The predicted octanol–water partition coefficient (Wildman–Crippen LogP) is 3.42. The molecule has 0 aromatic heterocycles. The van der Waals surface area contributed by atoms with Crippen LogP contribution in [0, 0.1) is 5.92 Å². The molecule has 1 nitrogen and oxygen atoms in total. The van der Waals surface area contributed by atoms with Crippen molar-refractivity contribution < 1.29 is 0 Å². The second-order valence-corrected chi connectivity index (χ2v) is 2.96. The third-order valence-electron chi connectivity index (χ3n) is 1.51. The van der Waals surface area contributed by atoms with Gasteiger partial charge in [0.05, 0.1) is 0 Å². The van der Waals surface area contributed by atoms with Crippen molar-refractivity contribution in [2.24, 2.45) is 10.9 Å². The molecule has 64 valence electrons. The van der Waals surface area contributed by atoms with Crippen LogP contribution in [0.3, 0.4) is 0 Å². The molecule has 0 fully saturated rings. The van der Waals surface area contributed by atoms with Crippen molar-refractivity contribution in [3.05, 3.63) is 11.8 Å². The molecule has 0 aliphatic heterocycles. The first-order valence-corrected chi connectivity index (χ1v) is 4.41. The van der Waals surface area contributed by atoms with Crippen molar-refractivity contribution in [1.82, 2.24) is 0 Å². The highest BCUT2D eigenvalue weighted by atomic mass is 14.7. The number of hydrogen-bond acceptors (Lipinski definition) is 1. The fourth-order valence-electron chi connectivity index (χ4n) is 0.879. The van der Waals surface area contributed by atoms with Crippen molar-refractivity contribution in [3.8, 4) is 0 Å². The number of allylic oxidation sites excluding steroid dienone is 2. The zero-order valence-corrected chi connectivity index (χ0v) is 8.09. The lowest BCUT2D eigenvalue weighted by molar-refractivity contribution is 0.747. The molecule has 0 N–H and O–H groups in total. The molecule has 11 heavy (non-hydrogen) atoms. The maximum absolute atomic E-state index is 4.30. The van der Waals surface area contributed by atoms with Gasteiger partial charge in [-0.15, -0.1) is 0 Å². The van der Waals surface area contributed by atoms with Crippen LogP contribution in [-0.2, 0) is 0 Å². The molecule has 0 aliphatic carbocycles. The van der Waals surface area contributed by atoms with Gasteiger partial charge in [0.15, 0.2) is 0 Å². The summed E-state index contributed by atoms with van der Waals surface area (Å²) in [6.45, 7) is 8.50. The Morgan fingerprint density at radius 3 is 2.45 bits per heavy atom.